The summed E-state index contributed by atoms with van der Waals surface area (Å²) in [5.41, 5.74) is 13.8. The molecule has 0 spiro atoms. The molecule has 0 radical (unpaired) electrons. The quantitative estimate of drug-likeness (QED) is 0.116. The van der Waals surface area contributed by atoms with Gasteiger partial charge in [-0.3, -0.25) is 0 Å². The van der Waals surface area contributed by atoms with Crippen LogP contribution in [0.25, 0.3) is 23.3 Å². The van der Waals surface area contributed by atoms with Crippen LogP contribution >= 0.6 is 0 Å². The van der Waals surface area contributed by atoms with Crippen molar-refractivity contribution in [3.8, 4) is 0 Å². The van der Waals surface area contributed by atoms with E-state index in [0.29, 0.717) is 11.1 Å². The van der Waals surface area contributed by atoms with Gasteiger partial charge in [-0.1, -0.05) is 128 Å². The van der Waals surface area contributed by atoms with Crippen LogP contribution in [-0.2, 0) is 26.4 Å². The van der Waals surface area contributed by atoms with E-state index < -0.39 is 11.9 Å². The van der Waals surface area contributed by atoms with Crippen LogP contribution in [0.5, 0.6) is 0 Å². The number of rotatable bonds is 6. The monoisotopic (exact) mass is 678 g/mol. The summed E-state index contributed by atoms with van der Waals surface area (Å²) in [5.74, 6) is -1.32. The molecule has 3 heteroatoms. The van der Waals surface area contributed by atoms with E-state index in [1.54, 1.807) is 24.3 Å². The Morgan fingerprint density at radius 3 is 1.08 bits per heavy atom. The first-order valence-electron chi connectivity index (χ1n) is 18.5. The molecule has 0 amide bonds. The fraction of sp³-hybridized carbons (Fsp3) is 0.375. The molecule has 51 heavy (non-hydrogen) atoms. The highest BCUT2D eigenvalue weighted by molar-refractivity contribution is 6.02. The summed E-state index contributed by atoms with van der Waals surface area (Å²) in [6.07, 6.45) is 9.00. The average Bonchev–Trinajstić information content (AvgIpc) is 3.09. The molecule has 264 valence electrons. The van der Waals surface area contributed by atoms with Crippen LogP contribution in [0.2, 0.25) is 0 Å². The lowest BCUT2D eigenvalue weighted by Crippen LogP contribution is -2.33. The Labute approximate surface area is 305 Å². The third kappa shape index (κ3) is 7.45. The van der Waals surface area contributed by atoms with Gasteiger partial charge in [0, 0.05) is 0 Å². The van der Waals surface area contributed by atoms with Crippen molar-refractivity contribution in [2.24, 2.45) is 0 Å². The van der Waals surface area contributed by atoms with Crippen LogP contribution in [0.3, 0.4) is 0 Å². The second-order valence-electron chi connectivity index (χ2n) is 17.6. The van der Waals surface area contributed by atoms with Gasteiger partial charge in [-0.25, -0.2) is 9.59 Å². The van der Waals surface area contributed by atoms with Gasteiger partial charge in [0.1, 0.15) is 0 Å². The molecule has 0 bridgehead atoms. The Kier molecular flexibility index (Phi) is 9.42. The van der Waals surface area contributed by atoms with E-state index in [0.717, 1.165) is 22.3 Å². The summed E-state index contributed by atoms with van der Waals surface area (Å²) in [6.45, 7) is 23.0. The zero-order valence-corrected chi connectivity index (χ0v) is 32.3. The second-order valence-corrected chi connectivity index (χ2v) is 17.6. The topological polar surface area (TPSA) is 43.4 Å². The second kappa shape index (κ2) is 13.2. The number of benzene rings is 4. The van der Waals surface area contributed by atoms with Crippen molar-refractivity contribution in [3.05, 3.63) is 141 Å². The lowest BCUT2D eigenvalue weighted by atomic mass is 9.63. The first kappa shape index (κ1) is 36.3. The Morgan fingerprint density at radius 1 is 0.451 bits per heavy atom. The lowest BCUT2D eigenvalue weighted by Gasteiger charge is -2.42. The number of hydrogen-bond acceptors (Lipinski definition) is 3. The van der Waals surface area contributed by atoms with Gasteiger partial charge in [0.05, 0.1) is 11.1 Å². The van der Waals surface area contributed by atoms with Crippen molar-refractivity contribution >= 4 is 35.2 Å². The van der Waals surface area contributed by atoms with Crippen LogP contribution < -0.4 is 0 Å². The Hall–Kier alpha value is -4.50. The molecule has 2 aliphatic rings. The van der Waals surface area contributed by atoms with Gasteiger partial charge in [-0.2, -0.15) is 0 Å². The normalized spacial score (nSPS) is 18.7. The van der Waals surface area contributed by atoms with Crippen LogP contribution in [0.4, 0.5) is 0 Å². The van der Waals surface area contributed by atoms with Crippen molar-refractivity contribution in [2.45, 2.75) is 117 Å². The van der Waals surface area contributed by atoms with Gasteiger partial charge >= 0.3 is 11.9 Å². The molecule has 0 aliphatic heterocycles. The van der Waals surface area contributed by atoms with Crippen LogP contribution in [0.15, 0.2) is 84.9 Å². The molecule has 0 aromatic heterocycles. The Balaban J connectivity index is 1.10. The van der Waals surface area contributed by atoms with E-state index in [9.17, 15) is 9.59 Å². The molecule has 2 aliphatic carbocycles. The van der Waals surface area contributed by atoms with Crippen molar-refractivity contribution < 1.29 is 14.3 Å². The molecule has 0 atom stereocenters. The number of esters is 2. The van der Waals surface area contributed by atoms with Crippen LogP contribution in [0, 0.1) is 0 Å². The number of ether oxygens (including phenoxy) is 1. The van der Waals surface area contributed by atoms with Crippen molar-refractivity contribution in [1.29, 1.82) is 0 Å². The molecule has 4 aromatic carbocycles. The predicted molar refractivity (Wildman–Crippen MR) is 213 cm³/mol. The SMILES string of the molecule is CC(=Cc1ccc(C(=O)OC(=O)c2ccc(/C=C(\C)c3ccc4c(c3)C(C)(C)CCC4(C)C)cc2)cc1)c1ccc2c(c1)C(C)(C)CCC2(C)C. The minimum Gasteiger partial charge on any atom is -0.386 e. The molecule has 6 rings (SSSR count). The van der Waals surface area contributed by atoms with Crippen molar-refractivity contribution in [1.82, 2.24) is 0 Å². The standard InChI is InChI=1S/C48H54O3/c1-31(37-19-21-39-41(29-37)47(7,8)25-23-45(39,3)4)27-33-11-15-35(16-12-33)43(49)51-44(50)36-17-13-34(14-18-36)28-32(2)38-20-22-40-42(30-38)48(9,10)26-24-46(40,5)6/h11-22,27-30H,23-26H2,1-10H3/b31-27+,32-28?. The number of fused-ring (bicyclic) bond motifs is 2. The van der Waals surface area contributed by atoms with Gasteiger partial charge in [-0.15, -0.1) is 0 Å². The molecule has 0 saturated heterocycles. The number of carbonyl (C=O) groups excluding carboxylic acids is 2. The van der Waals surface area contributed by atoms with Crippen molar-refractivity contribution in [2.75, 3.05) is 0 Å². The van der Waals surface area contributed by atoms with E-state index in [1.165, 1.54) is 59.1 Å². The van der Waals surface area contributed by atoms with E-state index in [-0.39, 0.29) is 21.7 Å². The Bertz CT molecular complexity index is 1900. The summed E-state index contributed by atoms with van der Waals surface area (Å²) >= 11 is 0. The molecular formula is C48H54O3. The summed E-state index contributed by atoms with van der Waals surface area (Å²) in [4.78, 5) is 25.8. The van der Waals surface area contributed by atoms with Crippen LogP contribution in [0.1, 0.15) is 160 Å². The third-order valence-electron chi connectivity index (χ3n) is 11.9. The largest absolute Gasteiger partial charge is 0.386 e. The van der Waals surface area contributed by atoms with Gasteiger partial charge in [-0.05, 0) is 141 Å². The van der Waals surface area contributed by atoms with Gasteiger partial charge in [0.2, 0.25) is 0 Å². The molecule has 0 N–H and O–H groups in total. The third-order valence-corrected chi connectivity index (χ3v) is 11.9. The fourth-order valence-electron chi connectivity index (χ4n) is 7.97. The first-order chi connectivity index (χ1) is 23.9. The predicted octanol–water partition coefficient (Wildman–Crippen LogP) is 12.5. The first-order valence-corrected chi connectivity index (χ1v) is 18.5. The zero-order valence-electron chi connectivity index (χ0n) is 32.3. The van der Waals surface area contributed by atoms with Crippen LogP contribution in [-0.4, -0.2) is 11.9 Å². The van der Waals surface area contributed by atoms with E-state index >= 15 is 0 Å². The van der Waals surface area contributed by atoms with Gasteiger partial charge in [0.25, 0.3) is 0 Å². The van der Waals surface area contributed by atoms with E-state index in [1.807, 2.05) is 24.3 Å². The average molecular weight is 679 g/mol. The lowest BCUT2D eigenvalue weighted by molar-refractivity contribution is 0.0397. The number of allylic oxidation sites excluding steroid dienone is 2. The molecule has 0 heterocycles. The van der Waals surface area contributed by atoms with E-state index in [2.05, 4.69) is 118 Å². The summed E-state index contributed by atoms with van der Waals surface area (Å²) in [6, 6.07) is 28.2. The summed E-state index contributed by atoms with van der Waals surface area (Å²) in [7, 11) is 0. The number of carbonyl (C=O) groups is 2. The molecule has 0 saturated carbocycles. The van der Waals surface area contributed by atoms with Gasteiger partial charge in [0.15, 0.2) is 0 Å². The highest BCUT2D eigenvalue weighted by atomic mass is 16.6. The molecule has 0 unspecified atom stereocenters. The van der Waals surface area contributed by atoms with E-state index in [4.69, 9.17) is 4.74 Å². The zero-order chi connectivity index (χ0) is 36.9. The summed E-state index contributed by atoms with van der Waals surface area (Å²) in [5, 5.41) is 0. The maximum absolute atomic E-state index is 12.9. The maximum Gasteiger partial charge on any atom is 0.346 e. The highest BCUT2D eigenvalue weighted by Crippen LogP contribution is 2.47. The Morgan fingerprint density at radius 2 is 0.745 bits per heavy atom. The van der Waals surface area contributed by atoms with Crippen molar-refractivity contribution in [3.63, 3.8) is 0 Å². The smallest absolute Gasteiger partial charge is 0.346 e. The fourth-order valence-corrected chi connectivity index (χ4v) is 7.97. The molecule has 0 fully saturated rings. The highest BCUT2D eigenvalue weighted by Gasteiger charge is 2.38. The molecular weight excluding hydrogens is 625 g/mol. The molecule has 3 nitrogen and oxygen atoms in total. The van der Waals surface area contributed by atoms with Gasteiger partial charge < -0.3 is 4.74 Å². The minimum absolute atomic E-state index is 0.149. The number of hydrogen-bond donors (Lipinski definition) is 0. The summed E-state index contributed by atoms with van der Waals surface area (Å²) < 4.78 is 5.27. The maximum atomic E-state index is 12.9. The minimum atomic E-state index is -0.662. The molecule has 4 aromatic rings.